The topological polar surface area (TPSA) is 88.0 Å². The molecule has 1 aliphatic rings. The van der Waals surface area contributed by atoms with Crippen molar-refractivity contribution in [1.82, 2.24) is 0 Å². The van der Waals surface area contributed by atoms with E-state index in [9.17, 15) is 4.79 Å². The van der Waals surface area contributed by atoms with Crippen LogP contribution >= 0.6 is 11.8 Å². The third kappa shape index (κ3) is 7.57. The van der Waals surface area contributed by atoms with Gasteiger partial charge in [0.15, 0.2) is 0 Å². The van der Waals surface area contributed by atoms with E-state index in [1.54, 1.807) is 0 Å². The van der Waals surface area contributed by atoms with Gasteiger partial charge in [0.05, 0.1) is 0 Å². The van der Waals surface area contributed by atoms with Crippen molar-refractivity contribution in [3.05, 3.63) is 113 Å². The van der Waals surface area contributed by atoms with Crippen LogP contribution in [0.25, 0.3) is 16.5 Å². The van der Waals surface area contributed by atoms with E-state index < -0.39 is 5.97 Å². The van der Waals surface area contributed by atoms with E-state index in [1.807, 2.05) is 60.7 Å². The van der Waals surface area contributed by atoms with Gasteiger partial charge in [-0.05, 0) is 5.39 Å². The molecule has 0 saturated heterocycles. The number of thioether (sulfide) groups is 1. The van der Waals surface area contributed by atoms with Gasteiger partial charge in [0.2, 0.25) is 0 Å². The summed E-state index contributed by atoms with van der Waals surface area (Å²) in [5.41, 5.74) is 2.80. The maximum atomic E-state index is 12.9. The second kappa shape index (κ2) is 12.7. The number of carboxylic acids is 1. The van der Waals surface area contributed by atoms with Gasteiger partial charge in [-0.25, -0.2) is 0 Å². The summed E-state index contributed by atoms with van der Waals surface area (Å²) < 4.78 is 7.58. The predicted molar refractivity (Wildman–Crippen MR) is 151 cm³/mol. The van der Waals surface area contributed by atoms with Gasteiger partial charge in [0, 0.05) is 6.92 Å². The molecule has 180 valence electrons. The van der Waals surface area contributed by atoms with E-state index in [0.717, 1.165) is 62.4 Å². The number of amides is 1. The van der Waals surface area contributed by atoms with Gasteiger partial charge in [0.25, 0.3) is 5.97 Å². The van der Waals surface area contributed by atoms with E-state index in [0.29, 0.717) is 22.4 Å². The Balaban J connectivity index is 0.000000747. The molecule has 1 amide bonds. The van der Waals surface area contributed by atoms with Gasteiger partial charge in [-0.15, -0.1) is 0 Å². The summed E-state index contributed by atoms with van der Waals surface area (Å²) in [5.74, 6) is -0.576. The standard InChI is InChI=1S/C27H19N2O2S.C2H4O2.Na/c30-26-25(32-27(29-26)28-23-13-5-2-6-14-23)24(31-18-19-9-3-1-4-10-19)22-16-15-20-11-7-8-12-21(20)17-22;1-2(3)4;/h1,3-17H,18H2,(H,28,29,30);1H3,(H,3,4);. The van der Waals surface area contributed by atoms with Crippen LogP contribution in [0, 0.1) is 0 Å². The van der Waals surface area contributed by atoms with Crippen molar-refractivity contribution in [3.63, 3.8) is 0 Å². The molecule has 0 radical (unpaired) electrons. The number of nitrogens with one attached hydrogen (secondary N) is 1. The van der Waals surface area contributed by atoms with Crippen molar-refractivity contribution in [2.24, 2.45) is 4.99 Å². The van der Waals surface area contributed by atoms with Gasteiger partial charge in [-0.1, -0.05) is 54.6 Å². The van der Waals surface area contributed by atoms with Gasteiger partial charge >= 0.3 is 155 Å². The Kier molecular flexibility index (Phi) is 9.19. The number of carbonyl (C=O) groups excluding carboxylic acids is 1. The van der Waals surface area contributed by atoms with E-state index in [-0.39, 0.29) is 5.91 Å². The third-order valence-electron chi connectivity index (χ3n) is 5.34. The molecule has 0 saturated carbocycles. The molecule has 0 fully saturated rings. The molecule has 0 unspecified atom stereocenters. The molecular formula is C29H23N2NaO4S. The summed E-state index contributed by atoms with van der Waals surface area (Å²) in [6, 6.07) is 32.4. The molecule has 5 rings (SSSR count). The summed E-state index contributed by atoms with van der Waals surface area (Å²) in [7, 11) is 0. The number of benzene rings is 4. The Labute approximate surface area is 236 Å². The first-order valence-electron chi connectivity index (χ1n) is 11.6. The van der Waals surface area contributed by atoms with Crippen LogP contribution in [0.3, 0.4) is 0 Å². The van der Waals surface area contributed by atoms with Crippen molar-refractivity contribution in [1.29, 1.82) is 0 Å². The average molecular weight is 519 g/mol. The van der Waals surface area contributed by atoms with Gasteiger partial charge in [0.1, 0.15) is 0 Å². The number of hydrogen-bond acceptors (Lipinski definition) is 5. The number of carbonyl (C=O) groups is 2. The normalized spacial score (nSPS) is 13.9. The number of amidine groups is 1. The summed E-state index contributed by atoms with van der Waals surface area (Å²) in [6.45, 7) is 1.45. The Morgan fingerprint density at radius 2 is 1.59 bits per heavy atom. The molecule has 37 heavy (non-hydrogen) atoms. The van der Waals surface area contributed by atoms with E-state index in [4.69, 9.17) is 14.6 Å². The van der Waals surface area contributed by atoms with Crippen LogP contribution in [-0.4, -0.2) is 50.1 Å². The quantitative estimate of drug-likeness (QED) is 0.210. The number of nitrogens with zero attached hydrogens (tertiary/aromatic N) is 1. The number of aliphatic imine (C=N–C) groups is 1. The Bertz CT molecular complexity index is 1480. The van der Waals surface area contributed by atoms with E-state index >= 15 is 0 Å². The number of ether oxygens (including phenoxy) is 1. The number of hydrogen-bond donors (Lipinski definition) is 2. The van der Waals surface area contributed by atoms with Gasteiger partial charge in [-0.3, -0.25) is 4.79 Å². The molecule has 0 aromatic heterocycles. The Hall–Kier alpha value is -3.36. The van der Waals surface area contributed by atoms with Gasteiger partial charge in [-0.2, -0.15) is 0 Å². The summed E-state index contributed by atoms with van der Waals surface area (Å²) in [6.07, 6.45) is 0. The molecule has 2 N–H and O–H groups in total. The third-order valence-corrected chi connectivity index (χ3v) is 6.96. The molecule has 0 aliphatic carbocycles. The summed E-state index contributed by atoms with van der Waals surface area (Å²) in [5, 5.41) is 13.5. The van der Waals surface area contributed by atoms with Crippen molar-refractivity contribution in [3.8, 4) is 0 Å². The molecule has 0 spiro atoms. The number of anilines is 1. The Morgan fingerprint density at radius 1 is 0.946 bits per heavy atom. The first-order chi connectivity index (χ1) is 17.9. The second-order valence-electron chi connectivity index (χ2n) is 8.33. The minimum absolute atomic E-state index is 0.293. The first kappa shape index (κ1) is 26.7. The molecule has 0 bridgehead atoms. The fourth-order valence-electron chi connectivity index (χ4n) is 3.60. The summed E-state index contributed by atoms with van der Waals surface area (Å²) >= 11 is 2.32. The molecule has 6 nitrogen and oxygen atoms in total. The monoisotopic (exact) mass is 518 g/mol. The van der Waals surface area contributed by atoms with E-state index in [2.05, 4.69) is 46.7 Å². The fraction of sp³-hybridized carbons (Fsp3) is 0.0690. The van der Waals surface area contributed by atoms with Crippen LogP contribution < -0.4 is 8.13 Å². The fourth-order valence-corrected chi connectivity index (χ4v) is 4.83. The maximum absolute atomic E-state index is 12.9. The van der Waals surface area contributed by atoms with Crippen molar-refractivity contribution >= 4 is 81.8 Å². The minimum atomic E-state index is -0.833. The molecule has 0 atom stereocenters. The molecule has 1 heterocycles. The zero-order chi connectivity index (χ0) is 26.2. The number of rotatable bonds is 5. The van der Waals surface area contributed by atoms with E-state index in [1.165, 1.54) is 14.6 Å². The SMILES string of the molecule is CC(=O)O.O=C1N=C(Nc2cc[c]([Na])cc2)SC1=C(OCc1ccccc1)c1ccc2ccccc2c1. The molecule has 4 aromatic rings. The number of aliphatic carboxylic acids is 1. The number of carboxylic acid groups (broad SMARTS) is 1. The van der Waals surface area contributed by atoms with Crippen LogP contribution in [-0.2, 0) is 20.9 Å². The van der Waals surface area contributed by atoms with Crippen molar-refractivity contribution < 1.29 is 19.4 Å². The first-order valence-corrected chi connectivity index (χ1v) is 13.4. The van der Waals surface area contributed by atoms with Crippen molar-refractivity contribution in [2.75, 3.05) is 5.32 Å². The van der Waals surface area contributed by atoms with Crippen LogP contribution in [0.2, 0.25) is 0 Å². The second-order valence-corrected chi connectivity index (χ2v) is 10.5. The van der Waals surface area contributed by atoms with Gasteiger partial charge < -0.3 is 5.11 Å². The average Bonchev–Trinajstić information content (AvgIpc) is 3.25. The van der Waals surface area contributed by atoms with Crippen LogP contribution in [0.4, 0.5) is 5.69 Å². The van der Waals surface area contributed by atoms with Crippen LogP contribution in [0.1, 0.15) is 18.1 Å². The predicted octanol–water partition coefficient (Wildman–Crippen LogP) is 5.35. The summed E-state index contributed by atoms with van der Waals surface area (Å²) in [4.78, 5) is 26.7. The zero-order valence-corrected chi connectivity index (χ0v) is 23.3. The number of fused-ring (bicyclic) bond motifs is 1. The Morgan fingerprint density at radius 3 is 2.30 bits per heavy atom. The van der Waals surface area contributed by atoms with Crippen LogP contribution in [0.5, 0.6) is 0 Å². The van der Waals surface area contributed by atoms with Crippen LogP contribution in [0.15, 0.2) is 107 Å². The molecular weight excluding hydrogens is 495 g/mol. The zero-order valence-electron chi connectivity index (χ0n) is 20.5. The van der Waals surface area contributed by atoms with Crippen molar-refractivity contribution in [2.45, 2.75) is 13.5 Å². The molecule has 8 heteroatoms. The molecule has 4 aromatic carbocycles. The molecule has 1 aliphatic heterocycles.